The first-order valence-corrected chi connectivity index (χ1v) is 9.75. The van der Waals surface area contributed by atoms with Crippen LogP contribution in [0.1, 0.15) is 47.4 Å². The van der Waals surface area contributed by atoms with Crippen LogP contribution in [0, 0.1) is 26.6 Å². The number of likely N-dealkylation sites (tertiary alicyclic amines) is 1. The quantitative estimate of drug-likeness (QED) is 0.666. The van der Waals surface area contributed by atoms with E-state index >= 15 is 0 Å². The molecular formula is C22H23FN4O2. The van der Waals surface area contributed by atoms with Crippen molar-refractivity contribution in [3.05, 3.63) is 64.7 Å². The maximum atomic E-state index is 13.1. The van der Waals surface area contributed by atoms with Crippen molar-refractivity contribution in [1.29, 1.82) is 0 Å². The fourth-order valence-electron chi connectivity index (χ4n) is 3.99. The number of amides is 1. The molecule has 1 atom stereocenters. The van der Waals surface area contributed by atoms with Crippen molar-refractivity contribution in [2.45, 2.75) is 46.1 Å². The average molecular weight is 394 g/mol. The van der Waals surface area contributed by atoms with Crippen molar-refractivity contribution < 1.29 is 13.7 Å². The van der Waals surface area contributed by atoms with Gasteiger partial charge in [-0.1, -0.05) is 17.3 Å². The molecule has 0 N–H and O–H groups in total. The Kier molecular flexibility index (Phi) is 5.13. The Hall–Kier alpha value is -3.09. The molecule has 1 saturated heterocycles. The molecule has 29 heavy (non-hydrogen) atoms. The number of hydrogen-bond acceptors (Lipinski definition) is 5. The molecule has 1 fully saturated rings. The maximum absolute atomic E-state index is 13.1. The van der Waals surface area contributed by atoms with Crippen LogP contribution in [0.2, 0.25) is 0 Å². The van der Waals surface area contributed by atoms with Crippen LogP contribution in [0.4, 0.5) is 4.39 Å². The molecule has 1 unspecified atom stereocenters. The number of benzene rings is 1. The third-order valence-electron chi connectivity index (χ3n) is 5.33. The van der Waals surface area contributed by atoms with Gasteiger partial charge in [-0.3, -0.25) is 4.79 Å². The van der Waals surface area contributed by atoms with Gasteiger partial charge in [0.1, 0.15) is 17.4 Å². The van der Waals surface area contributed by atoms with Gasteiger partial charge in [0.25, 0.3) is 0 Å². The molecule has 4 rings (SSSR count). The highest BCUT2D eigenvalue weighted by atomic mass is 19.1. The van der Waals surface area contributed by atoms with E-state index in [9.17, 15) is 9.18 Å². The Morgan fingerprint density at radius 2 is 1.97 bits per heavy atom. The van der Waals surface area contributed by atoms with Gasteiger partial charge in [-0.05, 0) is 57.4 Å². The molecule has 0 saturated carbocycles. The second kappa shape index (κ2) is 7.73. The Labute approximate surface area is 168 Å². The zero-order chi connectivity index (χ0) is 20.5. The third kappa shape index (κ3) is 3.90. The fourth-order valence-corrected chi connectivity index (χ4v) is 3.99. The zero-order valence-corrected chi connectivity index (χ0v) is 16.8. The number of aryl methyl sites for hydroxylation is 3. The van der Waals surface area contributed by atoms with Crippen LogP contribution in [-0.2, 0) is 11.2 Å². The fraction of sp³-hybridized carbons (Fsp3) is 0.364. The van der Waals surface area contributed by atoms with Crippen molar-refractivity contribution in [2.24, 2.45) is 0 Å². The minimum Gasteiger partial charge on any atom is -0.361 e. The van der Waals surface area contributed by atoms with Crippen LogP contribution in [0.5, 0.6) is 0 Å². The molecule has 2 aromatic heterocycles. The molecular weight excluding hydrogens is 371 g/mol. The van der Waals surface area contributed by atoms with E-state index in [1.165, 1.54) is 12.1 Å². The molecule has 1 amide bonds. The third-order valence-corrected chi connectivity index (χ3v) is 5.33. The lowest BCUT2D eigenvalue weighted by molar-refractivity contribution is -0.131. The molecule has 3 heterocycles. The second-order valence-corrected chi connectivity index (χ2v) is 7.47. The first kappa shape index (κ1) is 19.2. The lowest BCUT2D eigenvalue weighted by atomic mass is 10.0. The highest BCUT2D eigenvalue weighted by molar-refractivity contribution is 5.79. The summed E-state index contributed by atoms with van der Waals surface area (Å²) in [5.74, 6) is 1.08. The smallest absolute Gasteiger partial charge is 0.227 e. The molecule has 7 heteroatoms. The topological polar surface area (TPSA) is 72.1 Å². The average Bonchev–Trinajstić information content (AvgIpc) is 3.30. The summed E-state index contributed by atoms with van der Waals surface area (Å²) in [5.41, 5.74) is 4.05. The van der Waals surface area contributed by atoms with E-state index in [0.29, 0.717) is 18.1 Å². The standard InChI is InChI=1S/C22H23FN4O2/c1-13-22(14(2)29-26-13)19-12-18(24-15(3)25-19)20-5-4-10-27(20)21(28)11-16-6-8-17(23)9-7-16/h6-9,12,20H,4-5,10-11H2,1-3H3. The van der Waals surface area contributed by atoms with E-state index in [0.717, 1.165) is 41.1 Å². The van der Waals surface area contributed by atoms with Crippen LogP contribution < -0.4 is 0 Å². The molecule has 0 spiro atoms. The number of carbonyl (C=O) groups excluding carboxylic acids is 1. The summed E-state index contributed by atoms with van der Waals surface area (Å²) in [5, 5.41) is 4.02. The van der Waals surface area contributed by atoms with Gasteiger partial charge in [0.05, 0.1) is 35.1 Å². The number of carbonyl (C=O) groups is 1. The predicted octanol–water partition coefficient (Wildman–Crippen LogP) is 4.10. The van der Waals surface area contributed by atoms with Gasteiger partial charge in [0, 0.05) is 6.54 Å². The number of hydrogen-bond donors (Lipinski definition) is 0. The Morgan fingerprint density at radius 3 is 2.66 bits per heavy atom. The summed E-state index contributed by atoms with van der Waals surface area (Å²) in [6.07, 6.45) is 2.02. The molecule has 150 valence electrons. The second-order valence-electron chi connectivity index (χ2n) is 7.47. The number of nitrogens with zero attached hydrogens (tertiary/aromatic N) is 4. The Bertz CT molecular complexity index is 1030. The predicted molar refractivity (Wildman–Crippen MR) is 106 cm³/mol. The summed E-state index contributed by atoms with van der Waals surface area (Å²) in [6, 6.07) is 7.92. The minimum absolute atomic E-state index is 0.0225. The van der Waals surface area contributed by atoms with E-state index in [1.54, 1.807) is 12.1 Å². The first-order valence-electron chi connectivity index (χ1n) is 9.75. The van der Waals surface area contributed by atoms with Gasteiger partial charge in [-0.25, -0.2) is 14.4 Å². The normalized spacial score (nSPS) is 16.4. The van der Waals surface area contributed by atoms with Crippen molar-refractivity contribution in [1.82, 2.24) is 20.0 Å². The van der Waals surface area contributed by atoms with Gasteiger partial charge in [0.15, 0.2) is 0 Å². The summed E-state index contributed by atoms with van der Waals surface area (Å²) < 4.78 is 18.4. The lowest BCUT2D eigenvalue weighted by Gasteiger charge is -2.25. The minimum atomic E-state index is -0.302. The van der Waals surface area contributed by atoms with Gasteiger partial charge in [-0.15, -0.1) is 0 Å². The van der Waals surface area contributed by atoms with E-state index in [2.05, 4.69) is 15.1 Å². The largest absolute Gasteiger partial charge is 0.361 e. The molecule has 1 aromatic carbocycles. The molecule has 6 nitrogen and oxygen atoms in total. The summed E-state index contributed by atoms with van der Waals surface area (Å²) in [7, 11) is 0. The zero-order valence-electron chi connectivity index (χ0n) is 16.8. The van der Waals surface area contributed by atoms with Gasteiger partial charge < -0.3 is 9.42 Å². The van der Waals surface area contributed by atoms with Gasteiger partial charge in [0.2, 0.25) is 5.91 Å². The SMILES string of the molecule is Cc1nc(-c2c(C)noc2C)cc(C2CCCN2C(=O)Cc2ccc(F)cc2)n1. The number of halogens is 1. The van der Waals surface area contributed by atoms with Gasteiger partial charge >= 0.3 is 0 Å². The monoisotopic (exact) mass is 394 g/mol. The van der Waals surface area contributed by atoms with E-state index in [1.807, 2.05) is 31.7 Å². The maximum Gasteiger partial charge on any atom is 0.227 e. The van der Waals surface area contributed by atoms with Crippen LogP contribution in [-0.4, -0.2) is 32.5 Å². The highest BCUT2D eigenvalue weighted by Crippen LogP contribution is 2.34. The van der Waals surface area contributed by atoms with Crippen molar-refractivity contribution in [2.75, 3.05) is 6.54 Å². The van der Waals surface area contributed by atoms with Crippen LogP contribution in [0.3, 0.4) is 0 Å². The van der Waals surface area contributed by atoms with Crippen LogP contribution in [0.15, 0.2) is 34.9 Å². The van der Waals surface area contributed by atoms with Crippen LogP contribution in [0.25, 0.3) is 11.3 Å². The number of aromatic nitrogens is 3. The molecule has 3 aromatic rings. The van der Waals surface area contributed by atoms with E-state index in [-0.39, 0.29) is 24.2 Å². The lowest BCUT2D eigenvalue weighted by Crippen LogP contribution is -2.32. The molecule has 0 bridgehead atoms. The molecule has 1 aliphatic rings. The first-order chi connectivity index (χ1) is 13.9. The molecule has 0 radical (unpaired) electrons. The Morgan fingerprint density at radius 1 is 1.21 bits per heavy atom. The van der Waals surface area contributed by atoms with Gasteiger partial charge in [-0.2, -0.15) is 0 Å². The number of rotatable bonds is 4. The molecule has 1 aliphatic heterocycles. The molecule has 0 aliphatic carbocycles. The summed E-state index contributed by atoms with van der Waals surface area (Å²) >= 11 is 0. The van der Waals surface area contributed by atoms with Crippen molar-refractivity contribution in [3.63, 3.8) is 0 Å². The van der Waals surface area contributed by atoms with Crippen molar-refractivity contribution >= 4 is 5.91 Å². The van der Waals surface area contributed by atoms with Crippen molar-refractivity contribution in [3.8, 4) is 11.3 Å². The Balaban J connectivity index is 1.61. The summed E-state index contributed by atoms with van der Waals surface area (Å²) in [6.45, 7) is 6.29. The summed E-state index contributed by atoms with van der Waals surface area (Å²) in [4.78, 5) is 24.0. The van der Waals surface area contributed by atoms with E-state index < -0.39 is 0 Å². The highest BCUT2D eigenvalue weighted by Gasteiger charge is 2.31. The van der Waals surface area contributed by atoms with E-state index in [4.69, 9.17) is 4.52 Å². The van der Waals surface area contributed by atoms with Crippen LogP contribution >= 0.6 is 0 Å².